The summed E-state index contributed by atoms with van der Waals surface area (Å²) in [5.41, 5.74) is 1.29. The molecule has 1 N–H and O–H groups in total. The van der Waals surface area contributed by atoms with Gasteiger partial charge in [-0.25, -0.2) is 4.98 Å². The van der Waals surface area contributed by atoms with E-state index in [2.05, 4.69) is 15.2 Å². The van der Waals surface area contributed by atoms with E-state index in [4.69, 9.17) is 4.74 Å². The molecule has 0 aliphatic carbocycles. The zero-order valence-electron chi connectivity index (χ0n) is 18.6. The summed E-state index contributed by atoms with van der Waals surface area (Å²) in [5.74, 6) is 0.574. The van der Waals surface area contributed by atoms with Crippen molar-refractivity contribution in [2.24, 2.45) is 0 Å². The molecule has 2 aromatic carbocycles. The number of rotatable bonds is 5. The lowest BCUT2D eigenvalue weighted by molar-refractivity contribution is 0.0747. The van der Waals surface area contributed by atoms with Gasteiger partial charge in [-0.1, -0.05) is 36.4 Å². The molecule has 2 aliphatic rings. The third-order valence-electron chi connectivity index (χ3n) is 6.43. The molecule has 0 spiro atoms. The van der Waals surface area contributed by atoms with Gasteiger partial charge in [0.1, 0.15) is 5.82 Å². The molecule has 2 amide bonds. The molecule has 170 valence electrons. The molecule has 0 radical (unpaired) electrons. The highest BCUT2D eigenvalue weighted by Gasteiger charge is 2.26. The molecule has 1 atom stereocenters. The standard InChI is InChI=1S/C26H28N4O3/c31-25(28-18-20-8-5-17-33-20)23-11-4-12-27-24(23)29-13-15-30(16-14-29)26(32)22-10-3-7-19-6-1-2-9-21(19)22/h1-4,6-7,9-12,20H,5,8,13-18H2,(H,28,31)/t20-/m0/s1. The Morgan fingerprint density at radius 3 is 2.58 bits per heavy atom. The number of carbonyl (C=O) groups is 2. The van der Waals surface area contributed by atoms with Crippen molar-refractivity contribution < 1.29 is 14.3 Å². The Balaban J connectivity index is 1.26. The van der Waals surface area contributed by atoms with Crippen LogP contribution in [0.3, 0.4) is 0 Å². The maximum absolute atomic E-state index is 13.3. The van der Waals surface area contributed by atoms with Crippen molar-refractivity contribution in [3.8, 4) is 0 Å². The zero-order valence-corrected chi connectivity index (χ0v) is 18.6. The Hall–Kier alpha value is -3.45. The fraction of sp³-hybridized carbons (Fsp3) is 0.346. The number of anilines is 1. The number of pyridine rings is 1. The van der Waals surface area contributed by atoms with Gasteiger partial charge in [-0.2, -0.15) is 0 Å². The van der Waals surface area contributed by atoms with Crippen LogP contribution >= 0.6 is 0 Å². The predicted molar refractivity (Wildman–Crippen MR) is 128 cm³/mol. The summed E-state index contributed by atoms with van der Waals surface area (Å²) in [7, 11) is 0. The normalized spacial score (nSPS) is 18.5. The van der Waals surface area contributed by atoms with Crippen LogP contribution in [-0.4, -0.2) is 67.1 Å². The maximum Gasteiger partial charge on any atom is 0.255 e. The molecule has 1 aromatic heterocycles. The molecule has 2 saturated heterocycles. The van der Waals surface area contributed by atoms with Crippen molar-refractivity contribution in [2.75, 3.05) is 44.2 Å². The number of ether oxygens (including phenoxy) is 1. The third kappa shape index (κ3) is 4.54. The number of fused-ring (bicyclic) bond motifs is 1. The summed E-state index contributed by atoms with van der Waals surface area (Å²) < 4.78 is 5.61. The van der Waals surface area contributed by atoms with E-state index in [1.807, 2.05) is 47.4 Å². The third-order valence-corrected chi connectivity index (χ3v) is 6.43. The Bertz CT molecular complexity index is 1150. The topological polar surface area (TPSA) is 74.8 Å². The van der Waals surface area contributed by atoms with Crippen LogP contribution in [0.1, 0.15) is 33.6 Å². The van der Waals surface area contributed by atoms with Crippen molar-refractivity contribution in [3.63, 3.8) is 0 Å². The van der Waals surface area contributed by atoms with E-state index < -0.39 is 0 Å². The number of hydrogen-bond donors (Lipinski definition) is 1. The molecule has 0 saturated carbocycles. The first-order chi connectivity index (χ1) is 16.2. The van der Waals surface area contributed by atoms with Crippen LogP contribution in [0.5, 0.6) is 0 Å². The second-order valence-electron chi connectivity index (χ2n) is 8.53. The highest BCUT2D eigenvalue weighted by molar-refractivity contribution is 6.07. The average molecular weight is 445 g/mol. The second kappa shape index (κ2) is 9.58. The van der Waals surface area contributed by atoms with Crippen LogP contribution in [0, 0.1) is 0 Å². The molecular weight excluding hydrogens is 416 g/mol. The van der Waals surface area contributed by atoms with E-state index in [0.717, 1.165) is 35.8 Å². The van der Waals surface area contributed by atoms with Gasteiger partial charge in [0.05, 0.1) is 11.7 Å². The number of carbonyl (C=O) groups excluding carboxylic acids is 2. The van der Waals surface area contributed by atoms with E-state index in [1.54, 1.807) is 18.3 Å². The van der Waals surface area contributed by atoms with E-state index in [1.165, 1.54) is 0 Å². The van der Waals surface area contributed by atoms with E-state index >= 15 is 0 Å². The molecule has 7 nitrogen and oxygen atoms in total. The fourth-order valence-corrected chi connectivity index (χ4v) is 4.64. The Morgan fingerprint density at radius 1 is 0.970 bits per heavy atom. The lowest BCUT2D eigenvalue weighted by Crippen LogP contribution is -2.49. The minimum Gasteiger partial charge on any atom is -0.376 e. The van der Waals surface area contributed by atoms with Crippen LogP contribution in [0.15, 0.2) is 60.8 Å². The van der Waals surface area contributed by atoms with Crippen LogP contribution in [-0.2, 0) is 4.74 Å². The van der Waals surface area contributed by atoms with Crippen molar-refractivity contribution in [1.82, 2.24) is 15.2 Å². The molecule has 2 fully saturated rings. The van der Waals surface area contributed by atoms with Crippen LogP contribution < -0.4 is 10.2 Å². The second-order valence-corrected chi connectivity index (χ2v) is 8.53. The first kappa shape index (κ1) is 21.4. The minimum absolute atomic E-state index is 0.0435. The smallest absolute Gasteiger partial charge is 0.255 e. The molecule has 33 heavy (non-hydrogen) atoms. The van der Waals surface area contributed by atoms with Crippen LogP contribution in [0.25, 0.3) is 10.8 Å². The Kier molecular flexibility index (Phi) is 6.21. The number of nitrogens with zero attached hydrogens (tertiary/aromatic N) is 3. The number of piperazine rings is 1. The van der Waals surface area contributed by atoms with Gasteiger partial charge in [0, 0.05) is 51.1 Å². The van der Waals surface area contributed by atoms with Crippen LogP contribution in [0.4, 0.5) is 5.82 Å². The van der Waals surface area contributed by atoms with Crippen molar-refractivity contribution in [2.45, 2.75) is 18.9 Å². The largest absolute Gasteiger partial charge is 0.376 e. The van der Waals surface area contributed by atoms with Gasteiger partial charge in [0.2, 0.25) is 0 Å². The van der Waals surface area contributed by atoms with E-state index in [9.17, 15) is 9.59 Å². The van der Waals surface area contributed by atoms with Gasteiger partial charge in [-0.3, -0.25) is 9.59 Å². The summed E-state index contributed by atoms with van der Waals surface area (Å²) in [6, 6.07) is 17.4. The highest BCUT2D eigenvalue weighted by atomic mass is 16.5. The monoisotopic (exact) mass is 444 g/mol. The molecule has 3 heterocycles. The number of aromatic nitrogens is 1. The van der Waals surface area contributed by atoms with Gasteiger partial charge in [-0.15, -0.1) is 0 Å². The van der Waals surface area contributed by atoms with Gasteiger partial charge < -0.3 is 19.9 Å². The van der Waals surface area contributed by atoms with Gasteiger partial charge in [-0.05, 0) is 41.8 Å². The van der Waals surface area contributed by atoms with Crippen molar-refractivity contribution >= 4 is 28.4 Å². The Morgan fingerprint density at radius 2 is 1.76 bits per heavy atom. The summed E-state index contributed by atoms with van der Waals surface area (Å²) in [6.45, 7) is 3.69. The van der Waals surface area contributed by atoms with Crippen molar-refractivity contribution in [1.29, 1.82) is 0 Å². The zero-order chi connectivity index (χ0) is 22.6. The number of benzene rings is 2. The number of amides is 2. The summed E-state index contributed by atoms with van der Waals surface area (Å²) >= 11 is 0. The molecule has 5 rings (SSSR count). The lowest BCUT2D eigenvalue weighted by atomic mass is 10.0. The fourth-order valence-electron chi connectivity index (χ4n) is 4.64. The quantitative estimate of drug-likeness (QED) is 0.655. The van der Waals surface area contributed by atoms with Gasteiger partial charge in [0.15, 0.2) is 0 Å². The first-order valence-corrected chi connectivity index (χ1v) is 11.6. The van der Waals surface area contributed by atoms with Crippen molar-refractivity contribution in [3.05, 3.63) is 71.9 Å². The number of hydrogen-bond acceptors (Lipinski definition) is 5. The average Bonchev–Trinajstić information content (AvgIpc) is 3.40. The molecule has 7 heteroatoms. The SMILES string of the molecule is O=C(NC[C@@H]1CCCO1)c1cccnc1N1CCN(C(=O)c2cccc3ccccc23)CC1. The van der Waals surface area contributed by atoms with Crippen LogP contribution in [0.2, 0.25) is 0 Å². The summed E-state index contributed by atoms with van der Waals surface area (Å²) in [6.07, 6.45) is 3.82. The molecular formula is C26H28N4O3. The lowest BCUT2D eigenvalue weighted by Gasteiger charge is -2.36. The predicted octanol–water partition coefficient (Wildman–Crippen LogP) is 3.11. The minimum atomic E-state index is -0.136. The molecule has 0 bridgehead atoms. The molecule has 0 unspecified atom stereocenters. The Labute approximate surface area is 193 Å². The van der Waals surface area contributed by atoms with Gasteiger partial charge in [0.25, 0.3) is 11.8 Å². The highest BCUT2D eigenvalue weighted by Crippen LogP contribution is 2.23. The summed E-state index contributed by atoms with van der Waals surface area (Å²) in [5, 5.41) is 5.03. The molecule has 2 aliphatic heterocycles. The van der Waals surface area contributed by atoms with E-state index in [0.29, 0.717) is 44.1 Å². The number of nitrogens with one attached hydrogen (secondary N) is 1. The molecule has 3 aromatic rings. The summed E-state index contributed by atoms with van der Waals surface area (Å²) in [4.78, 5) is 34.6. The maximum atomic E-state index is 13.3. The van der Waals surface area contributed by atoms with E-state index in [-0.39, 0.29) is 17.9 Å². The first-order valence-electron chi connectivity index (χ1n) is 11.6. The van der Waals surface area contributed by atoms with Gasteiger partial charge >= 0.3 is 0 Å².